The topological polar surface area (TPSA) is 74.3 Å². The number of nitrogens with one attached hydrogen (secondary N) is 1. The molecule has 0 spiro atoms. The van der Waals surface area contributed by atoms with Crippen LogP contribution in [0.15, 0.2) is 30.7 Å². The van der Waals surface area contributed by atoms with Crippen LogP contribution in [0.4, 0.5) is 5.82 Å². The van der Waals surface area contributed by atoms with Crippen molar-refractivity contribution >= 4 is 11.7 Å². The van der Waals surface area contributed by atoms with E-state index < -0.39 is 0 Å². The fraction of sp³-hybridized carbons (Fsp3) is 0.400. The van der Waals surface area contributed by atoms with E-state index in [-0.39, 0.29) is 12.0 Å². The Morgan fingerprint density at radius 1 is 1.50 bits per heavy atom. The number of anilines is 1. The fourth-order valence-corrected chi connectivity index (χ4v) is 2.55. The van der Waals surface area contributed by atoms with Crippen molar-refractivity contribution in [1.29, 1.82) is 0 Å². The van der Waals surface area contributed by atoms with Crippen LogP contribution in [0, 0.1) is 0 Å². The summed E-state index contributed by atoms with van der Waals surface area (Å²) in [6, 6.07) is 3.76. The van der Waals surface area contributed by atoms with E-state index in [1.165, 1.54) is 0 Å². The van der Waals surface area contributed by atoms with Crippen LogP contribution < -0.4 is 9.64 Å². The molecule has 2 aromatic heterocycles. The number of ether oxygens (including phenoxy) is 1. The Kier molecular flexibility index (Phi) is 3.95. The number of hydrogen-bond acceptors (Lipinski definition) is 5. The molecule has 1 saturated heterocycles. The molecule has 3 heterocycles. The largest absolute Gasteiger partial charge is 0.485 e. The van der Waals surface area contributed by atoms with Gasteiger partial charge in [-0.2, -0.15) is 5.10 Å². The van der Waals surface area contributed by atoms with Gasteiger partial charge in [0.25, 0.3) is 5.91 Å². The molecule has 3 rings (SSSR count). The molecule has 1 N–H and O–H groups in total. The first kappa shape index (κ1) is 14.4. The molecule has 0 unspecified atom stereocenters. The van der Waals surface area contributed by atoms with Crippen LogP contribution in [0.2, 0.25) is 0 Å². The summed E-state index contributed by atoms with van der Waals surface area (Å²) in [7, 11) is 3.86. The van der Waals surface area contributed by atoms with Gasteiger partial charge in [0, 0.05) is 39.5 Å². The zero-order valence-corrected chi connectivity index (χ0v) is 12.7. The number of likely N-dealkylation sites (tertiary alicyclic amines) is 1. The lowest BCUT2D eigenvalue weighted by Gasteiger charge is -2.20. The number of amides is 1. The predicted octanol–water partition coefficient (Wildman–Crippen LogP) is 1.16. The first-order valence-electron chi connectivity index (χ1n) is 7.22. The highest BCUT2D eigenvalue weighted by atomic mass is 16.5. The molecule has 1 amide bonds. The summed E-state index contributed by atoms with van der Waals surface area (Å²) >= 11 is 0. The Balaban J connectivity index is 1.65. The smallest absolute Gasteiger partial charge is 0.257 e. The maximum Gasteiger partial charge on any atom is 0.257 e. The summed E-state index contributed by atoms with van der Waals surface area (Å²) < 4.78 is 6.04. The molecule has 1 aliphatic rings. The second-order valence-electron chi connectivity index (χ2n) is 5.49. The van der Waals surface area contributed by atoms with Crippen molar-refractivity contribution in [2.24, 2.45) is 0 Å². The van der Waals surface area contributed by atoms with Crippen LogP contribution in [0.25, 0.3) is 0 Å². The molecule has 0 bridgehead atoms. The van der Waals surface area contributed by atoms with Gasteiger partial charge in [0.1, 0.15) is 6.10 Å². The second-order valence-corrected chi connectivity index (χ2v) is 5.49. The van der Waals surface area contributed by atoms with Crippen molar-refractivity contribution in [3.63, 3.8) is 0 Å². The highest BCUT2D eigenvalue weighted by Gasteiger charge is 2.29. The van der Waals surface area contributed by atoms with Crippen LogP contribution in [0.5, 0.6) is 5.75 Å². The third-order valence-electron chi connectivity index (χ3n) is 3.65. The number of pyridine rings is 1. The van der Waals surface area contributed by atoms with E-state index in [2.05, 4.69) is 15.2 Å². The number of carbonyl (C=O) groups excluding carboxylic acids is 1. The summed E-state index contributed by atoms with van der Waals surface area (Å²) in [4.78, 5) is 20.3. The number of carbonyl (C=O) groups is 1. The van der Waals surface area contributed by atoms with Crippen LogP contribution in [-0.4, -0.2) is 59.3 Å². The van der Waals surface area contributed by atoms with E-state index in [4.69, 9.17) is 4.74 Å². The minimum Gasteiger partial charge on any atom is -0.485 e. The molecule has 0 saturated carbocycles. The van der Waals surface area contributed by atoms with Crippen LogP contribution in [-0.2, 0) is 0 Å². The van der Waals surface area contributed by atoms with Crippen molar-refractivity contribution in [2.45, 2.75) is 12.5 Å². The van der Waals surface area contributed by atoms with Crippen LogP contribution >= 0.6 is 0 Å². The molecule has 7 nitrogen and oxygen atoms in total. The van der Waals surface area contributed by atoms with Gasteiger partial charge in [0.15, 0.2) is 11.6 Å². The third-order valence-corrected chi connectivity index (χ3v) is 3.65. The van der Waals surface area contributed by atoms with Gasteiger partial charge >= 0.3 is 0 Å². The van der Waals surface area contributed by atoms with Crippen molar-refractivity contribution in [1.82, 2.24) is 20.1 Å². The first-order chi connectivity index (χ1) is 10.6. The molecule has 0 radical (unpaired) electrons. The van der Waals surface area contributed by atoms with Crippen molar-refractivity contribution in [3.8, 4) is 5.75 Å². The zero-order chi connectivity index (χ0) is 15.5. The number of aromatic nitrogens is 3. The third kappa shape index (κ3) is 2.88. The first-order valence-corrected chi connectivity index (χ1v) is 7.22. The molecule has 1 atom stereocenters. The summed E-state index contributed by atoms with van der Waals surface area (Å²) in [6.45, 7) is 1.26. The number of rotatable bonds is 4. The molecule has 2 aromatic rings. The summed E-state index contributed by atoms with van der Waals surface area (Å²) in [6.07, 6.45) is 5.69. The monoisotopic (exact) mass is 301 g/mol. The predicted molar refractivity (Wildman–Crippen MR) is 82.1 cm³/mol. The summed E-state index contributed by atoms with van der Waals surface area (Å²) in [5, 5.41) is 6.48. The maximum atomic E-state index is 12.3. The van der Waals surface area contributed by atoms with Crippen molar-refractivity contribution < 1.29 is 9.53 Å². The van der Waals surface area contributed by atoms with Gasteiger partial charge in [-0.25, -0.2) is 4.98 Å². The number of hydrogen-bond donors (Lipinski definition) is 1. The van der Waals surface area contributed by atoms with E-state index in [0.29, 0.717) is 18.7 Å². The molecule has 0 aromatic carbocycles. The molecule has 116 valence electrons. The van der Waals surface area contributed by atoms with Gasteiger partial charge in [-0.05, 0) is 12.1 Å². The lowest BCUT2D eigenvalue weighted by atomic mass is 10.3. The number of nitrogens with zero attached hydrogens (tertiary/aromatic N) is 4. The average Bonchev–Trinajstić information content (AvgIpc) is 3.18. The van der Waals surface area contributed by atoms with E-state index in [9.17, 15) is 4.79 Å². The van der Waals surface area contributed by atoms with Gasteiger partial charge in [-0.3, -0.25) is 9.89 Å². The molecular formula is C15H19N5O2. The number of aromatic amines is 1. The van der Waals surface area contributed by atoms with Crippen LogP contribution in [0.3, 0.4) is 0 Å². The van der Waals surface area contributed by atoms with E-state index in [1.807, 2.05) is 31.1 Å². The lowest BCUT2D eigenvalue weighted by molar-refractivity contribution is 0.0772. The van der Waals surface area contributed by atoms with Gasteiger partial charge in [0.05, 0.1) is 18.3 Å². The zero-order valence-electron chi connectivity index (χ0n) is 12.7. The van der Waals surface area contributed by atoms with Gasteiger partial charge in [-0.1, -0.05) is 0 Å². The second kappa shape index (κ2) is 6.05. The Labute approximate surface area is 128 Å². The molecule has 7 heteroatoms. The summed E-state index contributed by atoms with van der Waals surface area (Å²) in [5.74, 6) is 1.52. The van der Waals surface area contributed by atoms with Gasteiger partial charge in [-0.15, -0.1) is 0 Å². The highest BCUT2D eigenvalue weighted by Crippen LogP contribution is 2.27. The van der Waals surface area contributed by atoms with E-state index in [0.717, 1.165) is 18.0 Å². The molecular weight excluding hydrogens is 282 g/mol. The Bertz CT molecular complexity index is 641. The minimum atomic E-state index is -0.0150. The molecule has 1 fully saturated rings. The Hall–Kier alpha value is -2.57. The SMILES string of the molecule is CN(C)c1ncccc1O[C@@H]1CCN(C(=O)c2cn[nH]c2)C1. The van der Waals surface area contributed by atoms with Crippen molar-refractivity contribution in [3.05, 3.63) is 36.3 Å². The van der Waals surface area contributed by atoms with E-state index >= 15 is 0 Å². The minimum absolute atomic E-state index is 0.0149. The van der Waals surface area contributed by atoms with Gasteiger partial charge < -0.3 is 14.5 Å². The highest BCUT2D eigenvalue weighted by molar-refractivity contribution is 5.93. The number of H-pyrrole nitrogens is 1. The standard InChI is InChI=1S/C15H19N5O2/c1-19(2)14-13(4-3-6-16-14)22-12-5-7-20(10-12)15(21)11-8-17-18-9-11/h3-4,6,8-9,12H,5,7,10H2,1-2H3,(H,17,18)/t12-/m1/s1. The fourth-order valence-electron chi connectivity index (χ4n) is 2.55. The van der Waals surface area contributed by atoms with Gasteiger partial charge in [0.2, 0.25) is 0 Å². The Morgan fingerprint density at radius 2 is 2.36 bits per heavy atom. The average molecular weight is 301 g/mol. The van der Waals surface area contributed by atoms with Crippen molar-refractivity contribution in [2.75, 3.05) is 32.1 Å². The van der Waals surface area contributed by atoms with Crippen LogP contribution in [0.1, 0.15) is 16.8 Å². The normalized spacial score (nSPS) is 17.5. The van der Waals surface area contributed by atoms with E-state index in [1.54, 1.807) is 23.5 Å². The Morgan fingerprint density at radius 3 is 3.09 bits per heavy atom. The lowest BCUT2D eigenvalue weighted by Crippen LogP contribution is -2.30. The molecule has 1 aliphatic heterocycles. The molecule has 0 aliphatic carbocycles. The molecule has 22 heavy (non-hydrogen) atoms. The summed E-state index contributed by atoms with van der Waals surface area (Å²) in [5.41, 5.74) is 0.580. The quantitative estimate of drug-likeness (QED) is 0.917. The maximum absolute atomic E-state index is 12.3.